The Kier molecular flexibility index (Phi) is 20.8. The average molecular weight is 436 g/mol. The fourth-order valence-corrected chi connectivity index (χ4v) is 5.10. The summed E-state index contributed by atoms with van der Waals surface area (Å²) in [6.07, 6.45) is 35.1. The van der Waals surface area contributed by atoms with Crippen LogP contribution in [0.1, 0.15) is 167 Å². The Morgan fingerprint density at radius 1 is 0.355 bits per heavy atom. The van der Waals surface area contributed by atoms with Gasteiger partial charge in [-0.25, -0.2) is 0 Å². The van der Waals surface area contributed by atoms with Gasteiger partial charge in [0.25, 0.3) is 0 Å². The van der Waals surface area contributed by atoms with Gasteiger partial charge in [0.15, 0.2) is 0 Å². The van der Waals surface area contributed by atoms with Crippen LogP contribution in [-0.4, -0.2) is 23.9 Å². The molecule has 2 heteroatoms. The summed E-state index contributed by atoms with van der Waals surface area (Å²) < 4.78 is 0. The van der Waals surface area contributed by atoms with E-state index in [1.54, 1.807) is 6.92 Å². The van der Waals surface area contributed by atoms with E-state index >= 15 is 0 Å². The van der Waals surface area contributed by atoms with Crippen molar-refractivity contribution in [3.63, 3.8) is 0 Å². The quantitative estimate of drug-likeness (QED) is 0.371. The smallest absolute Gasteiger partial charge is 0.219 e. The van der Waals surface area contributed by atoms with E-state index in [0.717, 1.165) is 13.1 Å². The standard InChI is InChI=1S/C29H57NO/c1-29(31)30-27-25-23-21-19-17-15-13-11-9-7-5-3-2-4-6-8-10-12-14-16-18-20-22-24-26-28-30/h2-28H2,1H3. The molecule has 0 aromatic heterocycles. The van der Waals surface area contributed by atoms with Crippen LogP contribution >= 0.6 is 0 Å². The average Bonchev–Trinajstić information content (AvgIpc) is 2.76. The molecule has 0 saturated carbocycles. The van der Waals surface area contributed by atoms with Crippen LogP contribution in [-0.2, 0) is 4.79 Å². The second-order valence-electron chi connectivity index (χ2n) is 10.3. The molecule has 0 aromatic rings. The minimum absolute atomic E-state index is 0.277. The van der Waals surface area contributed by atoms with E-state index in [-0.39, 0.29) is 5.91 Å². The fraction of sp³-hybridized carbons (Fsp3) is 0.966. The van der Waals surface area contributed by atoms with Gasteiger partial charge >= 0.3 is 0 Å². The normalized spacial score (nSPS) is 22.8. The van der Waals surface area contributed by atoms with E-state index in [0.29, 0.717) is 0 Å². The second-order valence-corrected chi connectivity index (χ2v) is 10.3. The summed E-state index contributed by atoms with van der Waals surface area (Å²) in [6.45, 7) is 3.72. The number of hydrogen-bond acceptors (Lipinski definition) is 1. The van der Waals surface area contributed by atoms with Crippen LogP contribution < -0.4 is 0 Å². The zero-order valence-corrected chi connectivity index (χ0v) is 21.4. The number of hydrogen-bond donors (Lipinski definition) is 0. The highest BCUT2D eigenvalue weighted by Gasteiger charge is 2.07. The zero-order chi connectivity index (χ0) is 22.2. The SMILES string of the molecule is CC(=O)N1CCCCCCCCCCCCCCCCCCCCCCCCCCC1. The lowest BCUT2D eigenvalue weighted by Crippen LogP contribution is -2.30. The molecule has 0 bridgehead atoms. The molecule has 1 aliphatic rings. The van der Waals surface area contributed by atoms with Crippen LogP contribution in [0.5, 0.6) is 0 Å². The first-order valence-electron chi connectivity index (χ1n) is 14.6. The van der Waals surface area contributed by atoms with Crippen LogP contribution in [0.15, 0.2) is 0 Å². The molecule has 0 atom stereocenters. The number of amides is 1. The summed E-state index contributed by atoms with van der Waals surface area (Å²) in [5.74, 6) is 0.277. The van der Waals surface area contributed by atoms with Crippen molar-refractivity contribution in [3.05, 3.63) is 0 Å². The summed E-state index contributed by atoms with van der Waals surface area (Å²) in [4.78, 5) is 14.0. The van der Waals surface area contributed by atoms with Crippen molar-refractivity contribution in [2.75, 3.05) is 13.1 Å². The third kappa shape index (κ3) is 19.9. The van der Waals surface area contributed by atoms with E-state index in [4.69, 9.17) is 0 Å². The molecule has 0 radical (unpaired) electrons. The number of rotatable bonds is 0. The predicted octanol–water partition coefficient (Wildman–Crippen LogP) is 9.60. The van der Waals surface area contributed by atoms with Gasteiger partial charge in [-0.2, -0.15) is 0 Å². The van der Waals surface area contributed by atoms with Crippen LogP contribution in [0.3, 0.4) is 0 Å². The Morgan fingerprint density at radius 3 is 0.677 bits per heavy atom. The molecule has 0 aromatic carbocycles. The van der Waals surface area contributed by atoms with E-state index in [1.807, 2.05) is 0 Å². The van der Waals surface area contributed by atoms with Crippen LogP contribution in [0, 0.1) is 0 Å². The van der Waals surface area contributed by atoms with Gasteiger partial charge in [-0.05, 0) is 12.8 Å². The molecule has 184 valence electrons. The first-order valence-corrected chi connectivity index (χ1v) is 14.6. The van der Waals surface area contributed by atoms with E-state index in [2.05, 4.69) is 4.90 Å². The van der Waals surface area contributed by atoms with E-state index < -0.39 is 0 Å². The summed E-state index contributed by atoms with van der Waals surface area (Å²) >= 11 is 0. The zero-order valence-electron chi connectivity index (χ0n) is 21.4. The fourth-order valence-electron chi connectivity index (χ4n) is 5.10. The van der Waals surface area contributed by atoms with E-state index in [1.165, 1.54) is 161 Å². The molecule has 31 heavy (non-hydrogen) atoms. The molecule has 1 heterocycles. The van der Waals surface area contributed by atoms with Gasteiger partial charge in [0.2, 0.25) is 5.91 Å². The maximum atomic E-state index is 11.9. The number of carbonyl (C=O) groups is 1. The molecule has 0 spiro atoms. The molecule has 1 saturated heterocycles. The van der Waals surface area contributed by atoms with E-state index in [9.17, 15) is 4.79 Å². The molecule has 0 N–H and O–H groups in total. The van der Waals surface area contributed by atoms with Gasteiger partial charge in [0.05, 0.1) is 0 Å². The van der Waals surface area contributed by atoms with Crippen molar-refractivity contribution in [2.24, 2.45) is 0 Å². The monoisotopic (exact) mass is 435 g/mol. The molecule has 2 nitrogen and oxygen atoms in total. The Bertz CT molecular complexity index is 353. The molecular weight excluding hydrogens is 378 g/mol. The largest absolute Gasteiger partial charge is 0.343 e. The first-order chi connectivity index (χ1) is 15.3. The first kappa shape index (κ1) is 28.5. The van der Waals surface area contributed by atoms with Gasteiger partial charge in [-0.15, -0.1) is 0 Å². The minimum Gasteiger partial charge on any atom is -0.343 e. The van der Waals surface area contributed by atoms with Crippen molar-refractivity contribution >= 4 is 5.91 Å². The molecule has 1 aliphatic heterocycles. The van der Waals surface area contributed by atoms with Crippen molar-refractivity contribution < 1.29 is 4.79 Å². The maximum absolute atomic E-state index is 11.9. The number of carbonyl (C=O) groups excluding carboxylic acids is 1. The highest BCUT2D eigenvalue weighted by Crippen LogP contribution is 2.16. The van der Waals surface area contributed by atoms with Crippen molar-refractivity contribution in [1.29, 1.82) is 0 Å². The second kappa shape index (κ2) is 22.7. The highest BCUT2D eigenvalue weighted by molar-refractivity contribution is 5.73. The molecule has 1 rings (SSSR count). The van der Waals surface area contributed by atoms with Gasteiger partial charge < -0.3 is 4.90 Å². The van der Waals surface area contributed by atoms with Crippen molar-refractivity contribution in [2.45, 2.75) is 167 Å². The van der Waals surface area contributed by atoms with Crippen molar-refractivity contribution in [1.82, 2.24) is 4.90 Å². The Balaban J connectivity index is 2.17. The molecule has 0 unspecified atom stereocenters. The Hall–Kier alpha value is -0.530. The van der Waals surface area contributed by atoms with Gasteiger partial charge in [0, 0.05) is 20.0 Å². The lowest BCUT2D eigenvalue weighted by atomic mass is 10.0. The predicted molar refractivity (Wildman–Crippen MR) is 138 cm³/mol. The lowest BCUT2D eigenvalue weighted by molar-refractivity contribution is -0.129. The lowest BCUT2D eigenvalue weighted by Gasteiger charge is -2.21. The third-order valence-corrected chi connectivity index (χ3v) is 7.30. The Labute approximate surface area is 196 Å². The van der Waals surface area contributed by atoms with Gasteiger partial charge in [0.1, 0.15) is 0 Å². The topological polar surface area (TPSA) is 20.3 Å². The van der Waals surface area contributed by atoms with Crippen molar-refractivity contribution in [3.8, 4) is 0 Å². The van der Waals surface area contributed by atoms with Crippen LogP contribution in [0.25, 0.3) is 0 Å². The van der Waals surface area contributed by atoms with Gasteiger partial charge in [-0.3, -0.25) is 4.79 Å². The molecule has 1 amide bonds. The summed E-state index contributed by atoms with van der Waals surface area (Å²) in [6, 6.07) is 0. The molecule has 0 aliphatic carbocycles. The Morgan fingerprint density at radius 2 is 0.516 bits per heavy atom. The summed E-state index contributed by atoms with van der Waals surface area (Å²) in [7, 11) is 0. The molecular formula is C29H57NO. The minimum atomic E-state index is 0.277. The summed E-state index contributed by atoms with van der Waals surface area (Å²) in [5, 5.41) is 0. The number of nitrogens with zero attached hydrogens (tertiary/aromatic N) is 1. The van der Waals surface area contributed by atoms with Gasteiger partial charge in [-0.1, -0.05) is 148 Å². The van der Waals surface area contributed by atoms with Crippen LogP contribution in [0.2, 0.25) is 0 Å². The molecule has 1 fully saturated rings. The van der Waals surface area contributed by atoms with Crippen LogP contribution in [0.4, 0.5) is 0 Å². The summed E-state index contributed by atoms with van der Waals surface area (Å²) in [5.41, 5.74) is 0. The maximum Gasteiger partial charge on any atom is 0.219 e. The third-order valence-electron chi connectivity index (χ3n) is 7.30. The highest BCUT2D eigenvalue weighted by atomic mass is 16.2.